The van der Waals surface area contributed by atoms with E-state index in [1.54, 1.807) is 7.11 Å². The van der Waals surface area contributed by atoms with Crippen LogP contribution in [0.5, 0.6) is 5.75 Å². The van der Waals surface area contributed by atoms with Crippen LogP contribution in [0, 0.1) is 5.92 Å². The number of benzene rings is 4. The molecule has 0 aliphatic rings. The van der Waals surface area contributed by atoms with E-state index in [0.29, 0.717) is 5.92 Å². The summed E-state index contributed by atoms with van der Waals surface area (Å²) in [7, 11) is 1.71. The zero-order chi connectivity index (χ0) is 27.9. The fourth-order valence-electron chi connectivity index (χ4n) is 5.60. The van der Waals surface area contributed by atoms with Crippen LogP contribution in [0.1, 0.15) is 16.7 Å². The van der Waals surface area contributed by atoms with Crippen molar-refractivity contribution in [2.45, 2.75) is 19.5 Å². The molecule has 0 saturated carbocycles. The number of hydrogen-bond acceptors (Lipinski definition) is 4. The van der Waals surface area contributed by atoms with E-state index in [9.17, 15) is 0 Å². The van der Waals surface area contributed by atoms with E-state index >= 15 is 0 Å². The Morgan fingerprint density at radius 3 is 2.22 bits per heavy atom. The molecule has 2 aromatic heterocycles. The maximum absolute atomic E-state index is 5.66. The summed E-state index contributed by atoms with van der Waals surface area (Å²) in [6.07, 6.45) is 3.28. The van der Waals surface area contributed by atoms with Gasteiger partial charge in [0.05, 0.1) is 12.6 Å². The molecule has 0 aliphatic heterocycles. The number of hydrogen-bond donors (Lipinski definition) is 2. The van der Waals surface area contributed by atoms with Crippen LogP contribution in [0.2, 0.25) is 0 Å². The number of nitrogens with one attached hydrogen (secondary N) is 2. The Morgan fingerprint density at radius 2 is 1.44 bits per heavy atom. The zero-order valence-electron chi connectivity index (χ0n) is 23.5. The molecule has 0 aliphatic carbocycles. The highest BCUT2D eigenvalue weighted by atomic mass is 16.5. The number of nitrogens with zero attached hydrogens (tertiary/aromatic N) is 2. The number of pyridine rings is 1. The second-order valence-electron chi connectivity index (χ2n) is 10.6. The van der Waals surface area contributed by atoms with E-state index in [1.165, 1.54) is 27.6 Å². The third-order valence-electron chi connectivity index (χ3n) is 7.65. The fourth-order valence-corrected chi connectivity index (χ4v) is 5.60. The van der Waals surface area contributed by atoms with Gasteiger partial charge in [0.25, 0.3) is 0 Å². The number of aromatic nitrogens is 2. The van der Waals surface area contributed by atoms with Crippen LogP contribution >= 0.6 is 0 Å². The Labute approximate surface area is 241 Å². The third kappa shape index (κ3) is 6.42. The monoisotopic (exact) mass is 540 g/mol. The second-order valence-corrected chi connectivity index (χ2v) is 10.6. The van der Waals surface area contributed by atoms with Crippen molar-refractivity contribution < 1.29 is 4.74 Å². The number of methoxy groups -OCH3 is 1. The van der Waals surface area contributed by atoms with Crippen molar-refractivity contribution in [1.29, 1.82) is 0 Å². The zero-order valence-corrected chi connectivity index (χ0v) is 23.5. The maximum Gasteiger partial charge on any atom is 0.131 e. The van der Waals surface area contributed by atoms with Gasteiger partial charge in [-0.1, -0.05) is 91.0 Å². The normalized spacial score (nSPS) is 12.0. The Bertz CT molecular complexity index is 1710. The molecule has 206 valence electrons. The van der Waals surface area contributed by atoms with Crippen LogP contribution in [0.4, 0.5) is 5.82 Å². The molecule has 2 heterocycles. The van der Waals surface area contributed by atoms with E-state index < -0.39 is 0 Å². The van der Waals surface area contributed by atoms with Gasteiger partial charge < -0.3 is 19.9 Å². The fraction of sp³-hybridized carbons (Fsp3) is 0.194. The largest absolute Gasteiger partial charge is 0.496 e. The van der Waals surface area contributed by atoms with E-state index in [1.807, 2.05) is 30.3 Å². The molecule has 0 bridgehead atoms. The van der Waals surface area contributed by atoms with Crippen LogP contribution in [0.15, 0.2) is 121 Å². The molecule has 6 rings (SSSR count). The molecule has 1 atom stereocenters. The molecule has 0 spiro atoms. The van der Waals surface area contributed by atoms with E-state index in [-0.39, 0.29) is 0 Å². The lowest BCUT2D eigenvalue weighted by Crippen LogP contribution is -2.29. The number of rotatable bonds is 12. The third-order valence-corrected chi connectivity index (χ3v) is 7.65. The highest BCUT2D eigenvalue weighted by molar-refractivity contribution is 5.87. The van der Waals surface area contributed by atoms with Crippen molar-refractivity contribution in [1.82, 2.24) is 14.9 Å². The van der Waals surface area contributed by atoms with Crippen molar-refractivity contribution in [3.05, 3.63) is 138 Å². The van der Waals surface area contributed by atoms with Gasteiger partial charge in [-0.2, -0.15) is 0 Å². The maximum atomic E-state index is 5.66. The van der Waals surface area contributed by atoms with Gasteiger partial charge in [0.2, 0.25) is 0 Å². The Hall–Kier alpha value is -4.61. The van der Waals surface area contributed by atoms with E-state index in [4.69, 9.17) is 9.72 Å². The van der Waals surface area contributed by atoms with Crippen molar-refractivity contribution >= 4 is 27.6 Å². The summed E-state index contributed by atoms with van der Waals surface area (Å²) in [5, 5.41) is 9.72. The van der Waals surface area contributed by atoms with Gasteiger partial charge in [-0.05, 0) is 47.2 Å². The van der Waals surface area contributed by atoms with Crippen molar-refractivity contribution in [2.24, 2.45) is 5.92 Å². The van der Waals surface area contributed by atoms with E-state index in [0.717, 1.165) is 55.1 Å². The quantitative estimate of drug-likeness (QED) is 0.171. The summed E-state index contributed by atoms with van der Waals surface area (Å²) in [5.74, 6) is 2.04. The topological polar surface area (TPSA) is 51.1 Å². The predicted molar refractivity (Wildman–Crippen MR) is 170 cm³/mol. The second kappa shape index (κ2) is 12.7. The van der Waals surface area contributed by atoms with Gasteiger partial charge in [0.15, 0.2) is 0 Å². The number of fused-ring (bicyclic) bond motifs is 2. The first-order valence-electron chi connectivity index (χ1n) is 14.3. The summed E-state index contributed by atoms with van der Waals surface area (Å²) in [6, 6.07) is 40.2. The standard InChI is InChI=1S/C36H36N4O/c1-41-35-21-36(39-33-18-10-8-17-32(33)35)38-23-29(20-27-12-4-2-5-13-27)22-37-24-30-26-40(25-28-14-6-3-7-15-28)34-19-11-9-16-31(30)34/h2-19,21,26,29,37H,20,22-25H2,1H3,(H,38,39). The smallest absolute Gasteiger partial charge is 0.131 e. The van der Waals surface area contributed by atoms with Crippen molar-refractivity contribution in [3.63, 3.8) is 0 Å². The summed E-state index contributed by atoms with van der Waals surface area (Å²) in [4.78, 5) is 4.85. The highest BCUT2D eigenvalue weighted by Crippen LogP contribution is 2.27. The van der Waals surface area contributed by atoms with E-state index in [2.05, 4.69) is 106 Å². The molecule has 2 N–H and O–H groups in total. The molecule has 0 fully saturated rings. The summed E-state index contributed by atoms with van der Waals surface area (Å²) >= 11 is 0. The first-order valence-corrected chi connectivity index (χ1v) is 14.3. The average Bonchev–Trinajstić information content (AvgIpc) is 3.37. The number of anilines is 1. The molecular weight excluding hydrogens is 504 g/mol. The van der Waals surface area contributed by atoms with Gasteiger partial charge >= 0.3 is 0 Å². The molecule has 6 aromatic rings. The minimum Gasteiger partial charge on any atom is -0.496 e. The van der Waals surface area contributed by atoms with Gasteiger partial charge in [0, 0.05) is 54.7 Å². The average molecular weight is 541 g/mol. The lowest BCUT2D eigenvalue weighted by molar-refractivity contribution is 0.419. The Balaban J connectivity index is 1.17. The lowest BCUT2D eigenvalue weighted by atomic mass is 9.99. The number of para-hydroxylation sites is 2. The summed E-state index contributed by atoms with van der Waals surface area (Å²) in [6.45, 7) is 3.36. The van der Waals surface area contributed by atoms with Crippen LogP contribution in [-0.4, -0.2) is 29.8 Å². The van der Waals surface area contributed by atoms with Crippen molar-refractivity contribution in [3.8, 4) is 5.75 Å². The molecule has 5 heteroatoms. The molecule has 0 saturated heterocycles. The lowest BCUT2D eigenvalue weighted by Gasteiger charge is -2.19. The molecule has 41 heavy (non-hydrogen) atoms. The summed E-state index contributed by atoms with van der Waals surface area (Å²) in [5.41, 5.74) is 6.17. The Morgan fingerprint density at radius 1 is 0.756 bits per heavy atom. The Kier molecular flexibility index (Phi) is 8.25. The first-order chi connectivity index (χ1) is 20.3. The molecule has 0 radical (unpaired) electrons. The summed E-state index contributed by atoms with van der Waals surface area (Å²) < 4.78 is 8.03. The highest BCUT2D eigenvalue weighted by Gasteiger charge is 2.14. The molecule has 1 unspecified atom stereocenters. The van der Waals surface area contributed by atoms with Gasteiger partial charge in [-0.15, -0.1) is 0 Å². The number of ether oxygens (including phenoxy) is 1. The molecule has 5 nitrogen and oxygen atoms in total. The minimum atomic E-state index is 0.370. The minimum absolute atomic E-state index is 0.370. The first kappa shape index (κ1) is 26.6. The predicted octanol–water partition coefficient (Wildman–Crippen LogP) is 7.31. The van der Waals surface area contributed by atoms with Crippen LogP contribution in [-0.2, 0) is 19.5 Å². The van der Waals surface area contributed by atoms with Crippen molar-refractivity contribution in [2.75, 3.05) is 25.5 Å². The van der Waals surface area contributed by atoms with Gasteiger partial charge in [0.1, 0.15) is 11.6 Å². The van der Waals surface area contributed by atoms with Crippen LogP contribution in [0.3, 0.4) is 0 Å². The molecule has 4 aromatic carbocycles. The van der Waals surface area contributed by atoms with Gasteiger partial charge in [-0.25, -0.2) is 4.98 Å². The molecule has 0 amide bonds. The SMILES string of the molecule is COc1cc(NCC(CNCc2cn(Cc3ccccc3)c3ccccc23)Cc2ccccc2)nc2ccccc12. The van der Waals surface area contributed by atoms with Crippen LogP contribution in [0.25, 0.3) is 21.8 Å². The van der Waals surface area contributed by atoms with Gasteiger partial charge in [-0.3, -0.25) is 0 Å². The molecular formula is C36H36N4O. The van der Waals surface area contributed by atoms with Crippen LogP contribution < -0.4 is 15.4 Å².